The first-order valence-corrected chi connectivity index (χ1v) is 18.0. The van der Waals surface area contributed by atoms with E-state index in [0.717, 1.165) is 68.5 Å². The van der Waals surface area contributed by atoms with Crippen LogP contribution in [0.15, 0.2) is 170 Å². The summed E-state index contributed by atoms with van der Waals surface area (Å²) in [7, 11) is 0. The van der Waals surface area contributed by atoms with Gasteiger partial charge in [0, 0.05) is 49.0 Å². The molecule has 0 saturated heterocycles. The second-order valence-electron chi connectivity index (χ2n) is 13.7. The molecule has 10 aromatic rings. The number of aromatic nitrogens is 4. The summed E-state index contributed by atoms with van der Waals surface area (Å²) >= 11 is 0. The van der Waals surface area contributed by atoms with Crippen molar-refractivity contribution in [1.82, 2.24) is 19.1 Å². The second-order valence-corrected chi connectivity index (χ2v) is 13.7. The lowest BCUT2D eigenvalue weighted by Crippen LogP contribution is -2.02. The van der Waals surface area contributed by atoms with E-state index in [2.05, 4.69) is 179 Å². The normalized spacial score (nSPS) is 13.3. The van der Waals surface area contributed by atoms with Gasteiger partial charge < -0.3 is 9.13 Å². The lowest BCUT2D eigenvalue weighted by molar-refractivity contribution is 1.04. The quantitative estimate of drug-likeness (QED) is 0.176. The molecule has 0 radical (unpaired) electrons. The van der Waals surface area contributed by atoms with Crippen molar-refractivity contribution in [3.8, 4) is 22.8 Å². The monoisotopic (exact) mass is 664 g/mol. The summed E-state index contributed by atoms with van der Waals surface area (Å²) in [5.41, 5.74) is 11.1. The molecule has 0 atom stereocenters. The molecule has 0 saturated carbocycles. The van der Waals surface area contributed by atoms with Crippen LogP contribution in [0.2, 0.25) is 0 Å². The molecule has 1 aliphatic carbocycles. The van der Waals surface area contributed by atoms with E-state index in [9.17, 15) is 0 Å². The summed E-state index contributed by atoms with van der Waals surface area (Å²) in [5, 5.41) is 8.33. The van der Waals surface area contributed by atoms with Crippen molar-refractivity contribution in [3.05, 3.63) is 176 Å². The van der Waals surface area contributed by atoms with Crippen molar-refractivity contribution in [2.45, 2.75) is 12.8 Å². The third kappa shape index (κ3) is 4.28. The molecular weight excluding hydrogens is 633 g/mol. The molecule has 3 heterocycles. The largest absolute Gasteiger partial charge is 0.309 e. The third-order valence-corrected chi connectivity index (χ3v) is 10.7. The molecule has 0 aliphatic heterocycles. The van der Waals surface area contributed by atoms with Gasteiger partial charge in [-0.05, 0) is 73.0 Å². The summed E-state index contributed by atoms with van der Waals surface area (Å²) in [4.78, 5) is 10.8. The van der Waals surface area contributed by atoms with Crippen molar-refractivity contribution in [2.75, 3.05) is 0 Å². The highest BCUT2D eigenvalue weighted by atomic mass is 15.0. The van der Waals surface area contributed by atoms with Crippen LogP contribution in [0.25, 0.3) is 93.6 Å². The van der Waals surface area contributed by atoms with E-state index in [4.69, 9.17) is 9.97 Å². The van der Waals surface area contributed by atoms with Crippen molar-refractivity contribution < 1.29 is 0 Å². The summed E-state index contributed by atoms with van der Waals surface area (Å²) in [6.45, 7) is 0. The Morgan fingerprint density at radius 1 is 0.442 bits per heavy atom. The number of nitrogens with zero attached hydrogens (tertiary/aromatic N) is 4. The number of fused-ring (bicyclic) bond motifs is 9. The molecular formula is C48H32N4. The molecule has 3 aromatic heterocycles. The molecule has 0 unspecified atom stereocenters. The van der Waals surface area contributed by atoms with Gasteiger partial charge in [-0.3, -0.25) is 0 Å². The van der Waals surface area contributed by atoms with Gasteiger partial charge in [-0.2, -0.15) is 0 Å². The Morgan fingerprint density at radius 2 is 0.962 bits per heavy atom. The highest BCUT2D eigenvalue weighted by Crippen LogP contribution is 2.40. The minimum atomic E-state index is 0.728. The number of allylic oxidation sites excluding steroid dienone is 4. The predicted octanol–water partition coefficient (Wildman–Crippen LogP) is 12.4. The minimum Gasteiger partial charge on any atom is -0.309 e. The van der Waals surface area contributed by atoms with Gasteiger partial charge in [-0.15, -0.1) is 0 Å². The molecule has 4 nitrogen and oxygen atoms in total. The van der Waals surface area contributed by atoms with Crippen LogP contribution >= 0.6 is 0 Å². The fourth-order valence-electron chi connectivity index (χ4n) is 8.40. The van der Waals surface area contributed by atoms with Crippen LogP contribution in [0, 0.1) is 0 Å². The van der Waals surface area contributed by atoms with Crippen LogP contribution in [0.1, 0.15) is 18.5 Å². The highest BCUT2D eigenvalue weighted by molar-refractivity contribution is 6.16. The zero-order chi connectivity index (χ0) is 34.2. The Balaban J connectivity index is 1.15. The second kappa shape index (κ2) is 11.4. The summed E-state index contributed by atoms with van der Waals surface area (Å²) in [5.74, 6) is 0.728. The van der Waals surface area contributed by atoms with Crippen LogP contribution < -0.4 is 0 Å². The van der Waals surface area contributed by atoms with E-state index in [1.54, 1.807) is 0 Å². The topological polar surface area (TPSA) is 35.6 Å². The van der Waals surface area contributed by atoms with E-state index in [0.29, 0.717) is 0 Å². The standard InChI is InChI=1S/C48H32N4/c1-2-14-31(15-3-1)46-40-30-45(52-43-24-12-8-18-36(43)37-19-9-13-25-44(37)52)38-20-4-5-21-39(38)47(40)50-48(49-46)32-26-28-33(29-27-32)51-41-22-10-6-16-34(41)35-17-7-11-23-42(35)51/h2,4-30H,1,3H2. The molecule has 0 spiro atoms. The Labute approximate surface area is 300 Å². The van der Waals surface area contributed by atoms with Gasteiger partial charge in [0.2, 0.25) is 0 Å². The summed E-state index contributed by atoms with van der Waals surface area (Å²) < 4.78 is 4.77. The van der Waals surface area contributed by atoms with Gasteiger partial charge in [0.15, 0.2) is 5.82 Å². The number of para-hydroxylation sites is 4. The minimum absolute atomic E-state index is 0.728. The molecule has 0 amide bonds. The van der Waals surface area contributed by atoms with Gasteiger partial charge in [-0.1, -0.05) is 115 Å². The van der Waals surface area contributed by atoms with E-state index in [-0.39, 0.29) is 0 Å². The first-order valence-electron chi connectivity index (χ1n) is 18.0. The maximum atomic E-state index is 5.39. The highest BCUT2D eigenvalue weighted by Gasteiger charge is 2.21. The average Bonchev–Trinajstić information content (AvgIpc) is 3.74. The van der Waals surface area contributed by atoms with E-state index in [1.807, 2.05) is 0 Å². The van der Waals surface area contributed by atoms with Gasteiger partial charge in [0.1, 0.15) is 0 Å². The fraction of sp³-hybridized carbons (Fsp3) is 0.0417. The molecule has 0 fully saturated rings. The van der Waals surface area contributed by atoms with Crippen LogP contribution in [-0.2, 0) is 0 Å². The fourth-order valence-corrected chi connectivity index (χ4v) is 8.40. The molecule has 0 N–H and O–H groups in total. The Hall–Kier alpha value is -6.78. The van der Waals surface area contributed by atoms with Crippen LogP contribution in [0.3, 0.4) is 0 Å². The van der Waals surface area contributed by atoms with Crippen LogP contribution in [0.4, 0.5) is 0 Å². The average molecular weight is 665 g/mol. The Bertz CT molecular complexity index is 3010. The van der Waals surface area contributed by atoms with Crippen LogP contribution in [0.5, 0.6) is 0 Å². The zero-order valence-electron chi connectivity index (χ0n) is 28.4. The van der Waals surface area contributed by atoms with E-state index < -0.39 is 0 Å². The number of rotatable bonds is 4. The smallest absolute Gasteiger partial charge is 0.160 e. The predicted molar refractivity (Wildman–Crippen MR) is 218 cm³/mol. The molecule has 4 heteroatoms. The molecule has 52 heavy (non-hydrogen) atoms. The van der Waals surface area contributed by atoms with E-state index >= 15 is 0 Å². The lowest BCUT2D eigenvalue weighted by Gasteiger charge is -2.17. The molecule has 0 bridgehead atoms. The van der Waals surface area contributed by atoms with Gasteiger partial charge >= 0.3 is 0 Å². The van der Waals surface area contributed by atoms with E-state index in [1.165, 1.54) is 43.6 Å². The maximum absolute atomic E-state index is 5.39. The SMILES string of the molecule is C1=CC(c2nc(-c3ccc(-n4c5ccccc5c5ccccc54)cc3)nc3c2cc(-n2c4ccccc4c4ccccc42)c2ccccc23)=CCC1. The molecule has 1 aliphatic rings. The van der Waals surface area contributed by atoms with Crippen molar-refractivity contribution >= 4 is 70.9 Å². The molecule has 244 valence electrons. The van der Waals surface area contributed by atoms with Crippen molar-refractivity contribution in [1.29, 1.82) is 0 Å². The molecule has 7 aromatic carbocycles. The summed E-state index contributed by atoms with van der Waals surface area (Å²) in [6.07, 6.45) is 8.85. The van der Waals surface area contributed by atoms with Crippen LogP contribution in [-0.4, -0.2) is 19.1 Å². The number of hydrogen-bond donors (Lipinski definition) is 0. The Kier molecular flexibility index (Phi) is 6.34. The Morgan fingerprint density at radius 3 is 1.52 bits per heavy atom. The van der Waals surface area contributed by atoms with Gasteiger partial charge in [-0.25, -0.2) is 9.97 Å². The lowest BCUT2D eigenvalue weighted by atomic mass is 9.97. The number of hydrogen-bond acceptors (Lipinski definition) is 2. The van der Waals surface area contributed by atoms with Gasteiger partial charge in [0.05, 0.1) is 39.0 Å². The number of benzene rings is 7. The maximum Gasteiger partial charge on any atom is 0.160 e. The molecule has 11 rings (SSSR count). The summed E-state index contributed by atoms with van der Waals surface area (Å²) in [6, 6.07) is 54.5. The third-order valence-electron chi connectivity index (χ3n) is 10.7. The first kappa shape index (κ1) is 29.0. The zero-order valence-corrected chi connectivity index (χ0v) is 28.4. The van der Waals surface area contributed by atoms with Crippen molar-refractivity contribution in [2.24, 2.45) is 0 Å². The van der Waals surface area contributed by atoms with Crippen molar-refractivity contribution in [3.63, 3.8) is 0 Å². The van der Waals surface area contributed by atoms with Gasteiger partial charge in [0.25, 0.3) is 0 Å². The first-order chi connectivity index (χ1) is 25.8.